The Morgan fingerprint density at radius 1 is 1.53 bits per heavy atom. The molecule has 5 nitrogen and oxygen atoms in total. The number of nitrogens with zero attached hydrogens (tertiary/aromatic N) is 1. The van der Waals surface area contributed by atoms with Crippen molar-refractivity contribution in [3.63, 3.8) is 0 Å². The maximum absolute atomic E-state index is 11.2. The first-order valence-corrected chi connectivity index (χ1v) is 7.48. The molecule has 0 aromatic carbocycles. The molecule has 1 aromatic heterocycles. The first-order valence-electron chi connectivity index (χ1n) is 6.26. The second kappa shape index (κ2) is 6.65. The van der Waals surface area contributed by atoms with Crippen LogP contribution in [0, 0.1) is 0 Å². The van der Waals surface area contributed by atoms with Crippen molar-refractivity contribution >= 4 is 29.2 Å². The van der Waals surface area contributed by atoms with E-state index < -0.39 is 5.97 Å². The van der Waals surface area contributed by atoms with Gasteiger partial charge >= 0.3 is 5.97 Å². The van der Waals surface area contributed by atoms with Crippen molar-refractivity contribution in [3.8, 4) is 0 Å². The Morgan fingerprint density at radius 3 is 2.63 bits per heavy atom. The molecule has 4 N–H and O–H groups in total. The fourth-order valence-corrected chi connectivity index (χ4v) is 2.70. The second-order valence-electron chi connectivity index (χ2n) is 4.41. The van der Waals surface area contributed by atoms with Crippen LogP contribution < -0.4 is 11.1 Å². The number of aromatic nitrogens is 1. The number of rotatable bonds is 7. The minimum atomic E-state index is -1.00. The molecule has 0 bridgehead atoms. The van der Waals surface area contributed by atoms with E-state index in [9.17, 15) is 4.79 Å². The summed E-state index contributed by atoms with van der Waals surface area (Å²) in [4.78, 5) is 15.1. The third kappa shape index (κ3) is 3.76. The van der Waals surface area contributed by atoms with Gasteiger partial charge in [-0.25, -0.2) is 9.78 Å². The molecule has 1 aromatic rings. The largest absolute Gasteiger partial charge is 0.478 e. The fraction of sp³-hybridized carbons (Fsp3) is 0.538. The Labute approximate surface area is 118 Å². The van der Waals surface area contributed by atoms with Crippen LogP contribution in [0.1, 0.15) is 37.0 Å². The number of pyridine rings is 1. The van der Waals surface area contributed by atoms with Gasteiger partial charge in [0, 0.05) is 11.3 Å². The van der Waals surface area contributed by atoms with Gasteiger partial charge in [-0.05, 0) is 25.2 Å². The molecule has 1 rings (SSSR count). The summed E-state index contributed by atoms with van der Waals surface area (Å²) >= 11 is 1.80. The molecule has 0 radical (unpaired) electrons. The molecule has 6 heteroatoms. The number of nitrogen functional groups attached to an aromatic ring is 1. The summed E-state index contributed by atoms with van der Waals surface area (Å²) in [5, 5.41) is 12.4. The molecule has 106 valence electrons. The Kier molecular flexibility index (Phi) is 5.47. The van der Waals surface area contributed by atoms with Crippen LogP contribution in [0.2, 0.25) is 0 Å². The summed E-state index contributed by atoms with van der Waals surface area (Å²) in [6, 6.07) is 1.38. The van der Waals surface area contributed by atoms with Crippen molar-refractivity contribution in [2.75, 3.05) is 23.9 Å². The Balaban J connectivity index is 2.91. The maximum atomic E-state index is 11.2. The molecule has 19 heavy (non-hydrogen) atoms. The fourth-order valence-electron chi connectivity index (χ4n) is 1.91. The van der Waals surface area contributed by atoms with Crippen LogP contribution in [0.3, 0.4) is 0 Å². The van der Waals surface area contributed by atoms with E-state index >= 15 is 0 Å². The maximum Gasteiger partial charge on any atom is 0.337 e. The molecule has 0 aliphatic rings. The van der Waals surface area contributed by atoms with E-state index in [1.807, 2.05) is 0 Å². The first-order chi connectivity index (χ1) is 8.98. The lowest BCUT2D eigenvalue weighted by Crippen LogP contribution is -2.32. The van der Waals surface area contributed by atoms with Gasteiger partial charge in [-0.15, -0.1) is 0 Å². The molecule has 0 saturated carbocycles. The van der Waals surface area contributed by atoms with E-state index in [1.165, 1.54) is 12.3 Å². The van der Waals surface area contributed by atoms with Gasteiger partial charge in [0.25, 0.3) is 0 Å². The van der Waals surface area contributed by atoms with Crippen LogP contribution in [0.4, 0.5) is 11.5 Å². The molecule has 0 aliphatic heterocycles. The van der Waals surface area contributed by atoms with Gasteiger partial charge in [-0.3, -0.25) is 0 Å². The van der Waals surface area contributed by atoms with Crippen molar-refractivity contribution in [1.29, 1.82) is 0 Å². The number of hydrogen-bond donors (Lipinski definition) is 3. The molecule has 0 aliphatic carbocycles. The summed E-state index contributed by atoms with van der Waals surface area (Å²) in [6.07, 6.45) is 5.59. The lowest BCUT2D eigenvalue weighted by molar-refractivity contribution is 0.0698. The normalized spacial score (nSPS) is 11.3. The van der Waals surface area contributed by atoms with E-state index in [0.29, 0.717) is 12.2 Å². The van der Waals surface area contributed by atoms with Crippen molar-refractivity contribution in [3.05, 3.63) is 17.8 Å². The minimum Gasteiger partial charge on any atom is -0.478 e. The average Bonchev–Trinajstić information content (AvgIpc) is 2.42. The lowest BCUT2D eigenvalue weighted by atomic mass is 10.0. The van der Waals surface area contributed by atoms with Crippen molar-refractivity contribution in [2.24, 2.45) is 0 Å². The highest BCUT2D eigenvalue weighted by Crippen LogP contribution is 2.31. The van der Waals surface area contributed by atoms with Crippen molar-refractivity contribution < 1.29 is 9.90 Å². The number of nitrogens with one attached hydrogen (secondary N) is 1. The summed E-state index contributed by atoms with van der Waals surface area (Å²) in [7, 11) is 0. The topological polar surface area (TPSA) is 88.2 Å². The van der Waals surface area contributed by atoms with Gasteiger partial charge in [0.1, 0.15) is 5.82 Å². The Morgan fingerprint density at radius 2 is 2.16 bits per heavy atom. The van der Waals surface area contributed by atoms with E-state index in [-0.39, 0.29) is 16.1 Å². The summed E-state index contributed by atoms with van der Waals surface area (Å²) in [5.74, 6) is -0.788. The minimum absolute atomic E-state index is 0.108. The van der Waals surface area contributed by atoms with Crippen LogP contribution in [0.15, 0.2) is 12.3 Å². The number of hydrogen-bond acceptors (Lipinski definition) is 5. The molecule has 1 heterocycles. The molecular weight excluding hydrogens is 262 g/mol. The number of thioether (sulfide) groups is 1. The quantitative estimate of drug-likeness (QED) is 0.713. The third-order valence-electron chi connectivity index (χ3n) is 3.48. The number of aromatic carboxylic acids is 1. The summed E-state index contributed by atoms with van der Waals surface area (Å²) in [5.41, 5.74) is 6.20. The van der Waals surface area contributed by atoms with Crippen LogP contribution in [-0.4, -0.2) is 33.6 Å². The number of carbonyl (C=O) groups is 1. The van der Waals surface area contributed by atoms with Gasteiger partial charge in [-0.1, -0.05) is 13.8 Å². The van der Waals surface area contributed by atoms with Crippen LogP contribution >= 0.6 is 11.8 Å². The van der Waals surface area contributed by atoms with Gasteiger partial charge in [-0.2, -0.15) is 11.8 Å². The van der Waals surface area contributed by atoms with Gasteiger partial charge in [0.15, 0.2) is 0 Å². The van der Waals surface area contributed by atoms with E-state index in [2.05, 4.69) is 30.4 Å². The molecule has 0 spiro atoms. The zero-order valence-corrected chi connectivity index (χ0v) is 12.4. The van der Waals surface area contributed by atoms with Gasteiger partial charge in [0.2, 0.25) is 0 Å². The number of carboxylic acid groups (broad SMARTS) is 1. The van der Waals surface area contributed by atoms with Crippen molar-refractivity contribution in [1.82, 2.24) is 4.98 Å². The van der Waals surface area contributed by atoms with Crippen LogP contribution in [0.5, 0.6) is 0 Å². The average molecular weight is 283 g/mol. The zero-order valence-electron chi connectivity index (χ0n) is 11.6. The monoisotopic (exact) mass is 283 g/mol. The van der Waals surface area contributed by atoms with E-state index in [4.69, 9.17) is 10.8 Å². The first kappa shape index (κ1) is 15.6. The van der Waals surface area contributed by atoms with Crippen LogP contribution in [-0.2, 0) is 0 Å². The zero-order chi connectivity index (χ0) is 14.5. The number of anilines is 2. The Hall–Kier alpha value is -1.43. The highest BCUT2D eigenvalue weighted by molar-refractivity contribution is 8.00. The van der Waals surface area contributed by atoms with Crippen LogP contribution in [0.25, 0.3) is 0 Å². The predicted octanol–water partition coefficient (Wildman–Crippen LogP) is 2.70. The SMILES string of the molecule is CCC(CC)(CNc1cnc(N)cc1C(=O)O)SC. The highest BCUT2D eigenvalue weighted by Gasteiger charge is 2.25. The second-order valence-corrected chi connectivity index (χ2v) is 5.68. The molecule has 0 unspecified atom stereocenters. The Bertz CT molecular complexity index is 439. The predicted molar refractivity (Wildman–Crippen MR) is 80.9 cm³/mol. The van der Waals surface area contributed by atoms with Crippen molar-refractivity contribution in [2.45, 2.75) is 31.4 Å². The number of nitrogens with two attached hydrogens (primary N) is 1. The highest BCUT2D eigenvalue weighted by atomic mass is 32.2. The molecule has 0 saturated heterocycles. The molecule has 0 atom stereocenters. The third-order valence-corrected chi connectivity index (χ3v) is 5.07. The smallest absolute Gasteiger partial charge is 0.337 e. The van der Waals surface area contributed by atoms with Gasteiger partial charge < -0.3 is 16.2 Å². The molecule has 0 fully saturated rings. The van der Waals surface area contributed by atoms with E-state index in [0.717, 1.165) is 12.8 Å². The summed E-state index contributed by atoms with van der Waals surface area (Å²) in [6.45, 7) is 4.98. The summed E-state index contributed by atoms with van der Waals surface area (Å²) < 4.78 is 0.108. The molecule has 0 amide bonds. The van der Waals surface area contributed by atoms with E-state index in [1.54, 1.807) is 11.8 Å². The molecular formula is C13H21N3O2S. The van der Waals surface area contributed by atoms with Gasteiger partial charge in [0.05, 0.1) is 17.4 Å². The number of carboxylic acids is 1. The standard InChI is InChI=1S/C13H21N3O2S/c1-4-13(5-2,19-3)8-16-10-7-15-11(14)6-9(10)12(17)18/h6-7,16H,4-5,8H2,1-3H3,(H2,14,15)(H,17,18). The lowest BCUT2D eigenvalue weighted by Gasteiger charge is -2.30.